The Labute approximate surface area is 97.7 Å². The molecule has 4 heteroatoms. The molecule has 1 heterocycles. The molecular formula is C11H14BrNO2. The second kappa shape index (κ2) is 4.47. The zero-order valence-electron chi connectivity index (χ0n) is 8.75. The number of hydrogen-bond donors (Lipinski definition) is 0. The molecule has 0 amide bonds. The summed E-state index contributed by atoms with van der Waals surface area (Å²) >= 11 is 3.58. The van der Waals surface area contributed by atoms with Crippen LogP contribution in [0, 0.1) is 0 Å². The number of fused-ring (bicyclic) bond motifs is 1. The Kier molecular flexibility index (Phi) is 3.24. The Morgan fingerprint density at radius 1 is 1.53 bits per heavy atom. The molecule has 82 valence electrons. The van der Waals surface area contributed by atoms with Crippen molar-refractivity contribution in [2.75, 3.05) is 6.54 Å². The molecule has 0 radical (unpaired) electrons. The van der Waals surface area contributed by atoms with Crippen molar-refractivity contribution in [3.63, 3.8) is 0 Å². The van der Waals surface area contributed by atoms with Crippen LogP contribution in [-0.4, -0.2) is 24.3 Å². The molecule has 0 bridgehead atoms. The minimum atomic E-state index is -0.217. The van der Waals surface area contributed by atoms with E-state index in [1.54, 1.807) is 0 Å². The van der Waals surface area contributed by atoms with E-state index in [4.69, 9.17) is 4.74 Å². The number of aliphatic imine (C=N–C) groups is 1. The van der Waals surface area contributed by atoms with Gasteiger partial charge in [0.1, 0.15) is 6.10 Å². The highest BCUT2D eigenvalue weighted by Gasteiger charge is 2.29. The SMILES string of the molecule is CC(=O)OC1CCCC2=C(Br)CCN=C21. The van der Waals surface area contributed by atoms with E-state index < -0.39 is 0 Å². The van der Waals surface area contributed by atoms with Crippen molar-refractivity contribution in [2.24, 2.45) is 4.99 Å². The van der Waals surface area contributed by atoms with Crippen LogP contribution < -0.4 is 0 Å². The summed E-state index contributed by atoms with van der Waals surface area (Å²) in [5.74, 6) is -0.217. The quantitative estimate of drug-likeness (QED) is 0.688. The van der Waals surface area contributed by atoms with Crippen LogP contribution in [0.4, 0.5) is 0 Å². The molecule has 15 heavy (non-hydrogen) atoms. The van der Waals surface area contributed by atoms with E-state index in [0.29, 0.717) is 0 Å². The van der Waals surface area contributed by atoms with E-state index in [1.807, 2.05) is 0 Å². The monoisotopic (exact) mass is 271 g/mol. The van der Waals surface area contributed by atoms with E-state index in [2.05, 4.69) is 20.9 Å². The lowest BCUT2D eigenvalue weighted by atomic mass is 9.88. The maximum atomic E-state index is 11.0. The summed E-state index contributed by atoms with van der Waals surface area (Å²) in [7, 11) is 0. The molecular weight excluding hydrogens is 258 g/mol. The van der Waals surface area contributed by atoms with Gasteiger partial charge in [0.2, 0.25) is 0 Å². The molecule has 1 unspecified atom stereocenters. The molecule has 1 aliphatic heterocycles. The number of hydrogen-bond acceptors (Lipinski definition) is 3. The molecule has 1 aliphatic carbocycles. The smallest absolute Gasteiger partial charge is 0.303 e. The van der Waals surface area contributed by atoms with Crippen molar-refractivity contribution in [2.45, 2.75) is 38.7 Å². The maximum Gasteiger partial charge on any atom is 0.303 e. The summed E-state index contributed by atoms with van der Waals surface area (Å²) < 4.78 is 6.52. The van der Waals surface area contributed by atoms with Crippen LogP contribution >= 0.6 is 15.9 Å². The molecule has 3 nitrogen and oxygen atoms in total. The van der Waals surface area contributed by atoms with Crippen LogP contribution in [0.3, 0.4) is 0 Å². The summed E-state index contributed by atoms with van der Waals surface area (Å²) in [6.45, 7) is 2.26. The zero-order chi connectivity index (χ0) is 10.8. The predicted octanol–water partition coefficient (Wildman–Crippen LogP) is 2.60. The summed E-state index contributed by atoms with van der Waals surface area (Å²) in [4.78, 5) is 15.5. The molecule has 0 aromatic rings. The first-order valence-electron chi connectivity index (χ1n) is 5.28. The molecule has 0 saturated heterocycles. The Bertz CT molecular complexity index is 346. The van der Waals surface area contributed by atoms with Crippen molar-refractivity contribution in [1.82, 2.24) is 0 Å². The fourth-order valence-corrected chi connectivity index (χ4v) is 2.71. The molecule has 0 aromatic heterocycles. The van der Waals surface area contributed by atoms with Gasteiger partial charge in [0.25, 0.3) is 0 Å². The Balaban J connectivity index is 2.21. The standard InChI is InChI=1S/C11H14BrNO2/c1-7(14)15-10-4-2-3-8-9(12)5-6-13-11(8)10/h10H,2-6H2,1H3. The number of carbonyl (C=O) groups excluding carboxylic acids is 1. The summed E-state index contributed by atoms with van der Waals surface area (Å²) in [6, 6.07) is 0. The van der Waals surface area contributed by atoms with Crippen molar-refractivity contribution in [3.05, 3.63) is 10.1 Å². The second-order valence-corrected chi connectivity index (χ2v) is 4.85. The minimum absolute atomic E-state index is 0.112. The van der Waals surface area contributed by atoms with Crippen molar-refractivity contribution in [1.29, 1.82) is 0 Å². The van der Waals surface area contributed by atoms with Crippen LogP contribution in [0.1, 0.15) is 32.6 Å². The topological polar surface area (TPSA) is 38.7 Å². The number of dihydropyridines is 1. The number of esters is 1. The van der Waals surface area contributed by atoms with E-state index in [-0.39, 0.29) is 12.1 Å². The molecule has 0 N–H and O–H groups in total. The lowest BCUT2D eigenvalue weighted by molar-refractivity contribution is -0.143. The highest BCUT2D eigenvalue weighted by atomic mass is 79.9. The zero-order valence-corrected chi connectivity index (χ0v) is 10.3. The number of nitrogens with zero attached hydrogens (tertiary/aromatic N) is 1. The van der Waals surface area contributed by atoms with E-state index in [0.717, 1.165) is 37.9 Å². The molecule has 2 rings (SSSR count). The number of halogens is 1. The number of ether oxygens (including phenoxy) is 1. The average molecular weight is 272 g/mol. The largest absolute Gasteiger partial charge is 0.456 e. The van der Waals surface area contributed by atoms with E-state index >= 15 is 0 Å². The minimum Gasteiger partial charge on any atom is -0.456 e. The molecule has 1 fully saturated rings. The van der Waals surface area contributed by atoms with Gasteiger partial charge in [0.15, 0.2) is 0 Å². The third-order valence-electron chi connectivity index (χ3n) is 2.76. The normalized spacial score (nSPS) is 25.7. The van der Waals surface area contributed by atoms with Crippen LogP contribution in [0.25, 0.3) is 0 Å². The number of carbonyl (C=O) groups is 1. The summed E-state index contributed by atoms with van der Waals surface area (Å²) in [5, 5.41) is 0. The van der Waals surface area contributed by atoms with Crippen molar-refractivity contribution >= 4 is 27.6 Å². The van der Waals surface area contributed by atoms with Gasteiger partial charge in [-0.2, -0.15) is 0 Å². The van der Waals surface area contributed by atoms with E-state index in [1.165, 1.54) is 17.0 Å². The Morgan fingerprint density at radius 2 is 2.33 bits per heavy atom. The van der Waals surface area contributed by atoms with Crippen molar-refractivity contribution < 1.29 is 9.53 Å². The van der Waals surface area contributed by atoms with Crippen LogP contribution in [-0.2, 0) is 9.53 Å². The van der Waals surface area contributed by atoms with Gasteiger partial charge in [-0.15, -0.1) is 0 Å². The summed E-state index contributed by atoms with van der Waals surface area (Å²) in [5.41, 5.74) is 2.26. The molecule has 0 spiro atoms. The highest BCUT2D eigenvalue weighted by Crippen LogP contribution is 2.32. The highest BCUT2D eigenvalue weighted by molar-refractivity contribution is 9.11. The van der Waals surface area contributed by atoms with Gasteiger partial charge in [-0.1, -0.05) is 15.9 Å². The third-order valence-corrected chi connectivity index (χ3v) is 3.63. The Hall–Kier alpha value is -0.640. The number of rotatable bonds is 1. The van der Waals surface area contributed by atoms with Crippen LogP contribution in [0.5, 0.6) is 0 Å². The predicted molar refractivity (Wildman–Crippen MR) is 62.3 cm³/mol. The van der Waals surface area contributed by atoms with Gasteiger partial charge in [0, 0.05) is 18.0 Å². The van der Waals surface area contributed by atoms with Gasteiger partial charge in [-0.05, 0) is 31.3 Å². The van der Waals surface area contributed by atoms with Crippen molar-refractivity contribution in [3.8, 4) is 0 Å². The first-order chi connectivity index (χ1) is 7.18. The third kappa shape index (κ3) is 2.30. The Morgan fingerprint density at radius 3 is 3.07 bits per heavy atom. The molecule has 2 aliphatic rings. The first-order valence-corrected chi connectivity index (χ1v) is 6.07. The fourth-order valence-electron chi connectivity index (χ4n) is 2.14. The molecule has 1 saturated carbocycles. The van der Waals surface area contributed by atoms with Gasteiger partial charge in [-0.25, -0.2) is 0 Å². The van der Waals surface area contributed by atoms with Gasteiger partial charge >= 0.3 is 5.97 Å². The lowest BCUT2D eigenvalue weighted by Gasteiger charge is -2.29. The summed E-state index contributed by atoms with van der Waals surface area (Å²) in [6.07, 6.45) is 3.89. The van der Waals surface area contributed by atoms with Crippen LogP contribution in [0.15, 0.2) is 15.0 Å². The fraction of sp³-hybridized carbons (Fsp3) is 0.636. The molecule has 0 aromatic carbocycles. The van der Waals surface area contributed by atoms with Crippen LogP contribution in [0.2, 0.25) is 0 Å². The van der Waals surface area contributed by atoms with E-state index in [9.17, 15) is 4.79 Å². The van der Waals surface area contributed by atoms with Gasteiger partial charge < -0.3 is 4.74 Å². The first kappa shape index (κ1) is 10.9. The van der Waals surface area contributed by atoms with Gasteiger partial charge in [0.05, 0.1) is 5.71 Å². The molecule has 1 atom stereocenters. The lowest BCUT2D eigenvalue weighted by Crippen LogP contribution is -2.33. The average Bonchev–Trinajstić information content (AvgIpc) is 2.19. The second-order valence-electron chi connectivity index (χ2n) is 3.89. The maximum absolute atomic E-state index is 11.0. The van der Waals surface area contributed by atoms with Gasteiger partial charge in [-0.3, -0.25) is 9.79 Å².